The van der Waals surface area contributed by atoms with Crippen molar-refractivity contribution in [3.63, 3.8) is 0 Å². The molecule has 0 spiro atoms. The number of carboxylic acids is 1. The number of hydrogen-bond acceptors (Lipinski definition) is 4. The highest BCUT2D eigenvalue weighted by atomic mass is 32.2. The summed E-state index contributed by atoms with van der Waals surface area (Å²) in [4.78, 5) is 11.4. The van der Waals surface area contributed by atoms with E-state index in [0.717, 1.165) is 22.6 Å². The molecule has 4 nitrogen and oxygen atoms in total. The fourth-order valence-corrected chi connectivity index (χ4v) is 2.77. The van der Waals surface area contributed by atoms with Crippen molar-refractivity contribution in [3.8, 4) is 11.5 Å². The lowest BCUT2D eigenvalue weighted by Crippen LogP contribution is -2.09. The van der Waals surface area contributed by atoms with Gasteiger partial charge in [0, 0.05) is 4.90 Å². The number of benzene rings is 2. The van der Waals surface area contributed by atoms with E-state index in [1.807, 2.05) is 13.0 Å². The molecule has 0 atom stereocenters. The molecule has 0 bridgehead atoms. The van der Waals surface area contributed by atoms with Crippen LogP contribution in [-0.2, 0) is 11.0 Å². The first kappa shape index (κ1) is 20.7. The van der Waals surface area contributed by atoms with Crippen LogP contribution >= 0.6 is 11.8 Å². The quantitative estimate of drug-likeness (QED) is 0.623. The average molecular weight is 398 g/mol. The number of thioether (sulfide) groups is 1. The van der Waals surface area contributed by atoms with Crippen LogP contribution in [0.2, 0.25) is 0 Å². The molecule has 0 aliphatic heterocycles. The first-order valence-electron chi connectivity index (χ1n) is 7.82. The summed E-state index contributed by atoms with van der Waals surface area (Å²) in [6.07, 6.45) is -2.62. The van der Waals surface area contributed by atoms with Crippen LogP contribution in [0.4, 0.5) is 13.2 Å². The fraction of sp³-hybridized carbons (Fsp3) is 0.211. The summed E-state index contributed by atoms with van der Waals surface area (Å²) in [5.74, 6) is -0.173. The molecule has 0 aromatic heterocycles. The lowest BCUT2D eigenvalue weighted by molar-refractivity contribution is -0.139. The number of halogens is 3. The smallest absolute Gasteiger partial charge is 0.416 e. The third-order valence-electron chi connectivity index (χ3n) is 3.33. The fourth-order valence-electron chi connectivity index (χ4n) is 2.05. The van der Waals surface area contributed by atoms with Gasteiger partial charge in [0.15, 0.2) is 6.61 Å². The molecule has 27 heavy (non-hydrogen) atoms. The van der Waals surface area contributed by atoms with Crippen molar-refractivity contribution in [2.45, 2.75) is 18.0 Å². The van der Waals surface area contributed by atoms with E-state index in [2.05, 4.69) is 0 Å². The van der Waals surface area contributed by atoms with Gasteiger partial charge in [-0.1, -0.05) is 11.8 Å². The number of aryl methyl sites for hydroxylation is 1. The highest BCUT2D eigenvalue weighted by Gasteiger charge is 2.29. The van der Waals surface area contributed by atoms with Gasteiger partial charge in [0.1, 0.15) is 18.1 Å². The number of carbonyl (C=O) groups is 1. The topological polar surface area (TPSA) is 55.8 Å². The Balaban J connectivity index is 1.80. The maximum atomic E-state index is 12.5. The Bertz CT molecular complexity index is 802. The molecule has 0 amide bonds. The molecular weight excluding hydrogens is 381 g/mol. The molecule has 2 rings (SSSR count). The Hall–Kier alpha value is -2.61. The van der Waals surface area contributed by atoms with Crippen molar-refractivity contribution in [1.29, 1.82) is 0 Å². The second kappa shape index (κ2) is 9.36. The third-order valence-corrected chi connectivity index (χ3v) is 4.18. The highest BCUT2D eigenvalue weighted by Crippen LogP contribution is 2.30. The van der Waals surface area contributed by atoms with Crippen LogP contribution in [0.15, 0.2) is 58.8 Å². The molecule has 0 saturated carbocycles. The number of aliphatic carboxylic acids is 1. The van der Waals surface area contributed by atoms with Gasteiger partial charge in [-0.05, 0) is 66.4 Å². The molecule has 0 aliphatic rings. The molecule has 0 fully saturated rings. The zero-order valence-corrected chi connectivity index (χ0v) is 15.1. The van der Waals surface area contributed by atoms with Crippen molar-refractivity contribution in [2.75, 3.05) is 13.2 Å². The van der Waals surface area contributed by atoms with Gasteiger partial charge in [0.05, 0.1) is 5.56 Å². The van der Waals surface area contributed by atoms with Crippen molar-refractivity contribution in [2.24, 2.45) is 0 Å². The minimum absolute atomic E-state index is 0.219. The number of alkyl halides is 3. The predicted molar refractivity (Wildman–Crippen MR) is 96.2 cm³/mol. The minimum atomic E-state index is -4.36. The molecule has 0 unspecified atom stereocenters. The Morgan fingerprint density at radius 1 is 1.15 bits per heavy atom. The SMILES string of the molecule is Cc1cc(SC=CCOc2ccc(C(F)(F)F)cc2)ccc1OCC(=O)O. The summed E-state index contributed by atoms with van der Waals surface area (Å²) >= 11 is 1.43. The summed E-state index contributed by atoms with van der Waals surface area (Å²) in [7, 11) is 0. The molecule has 1 N–H and O–H groups in total. The maximum Gasteiger partial charge on any atom is 0.416 e. The molecular formula is C19H17F3O4S. The van der Waals surface area contributed by atoms with Gasteiger partial charge < -0.3 is 14.6 Å². The number of hydrogen-bond donors (Lipinski definition) is 1. The Kier molecular flexibility index (Phi) is 7.18. The van der Waals surface area contributed by atoms with Gasteiger partial charge in [-0.15, -0.1) is 0 Å². The van der Waals surface area contributed by atoms with Gasteiger partial charge in [0.25, 0.3) is 0 Å². The van der Waals surface area contributed by atoms with Crippen molar-refractivity contribution in [3.05, 3.63) is 65.1 Å². The summed E-state index contributed by atoms with van der Waals surface area (Å²) in [5.41, 5.74) is 0.0998. The summed E-state index contributed by atoms with van der Waals surface area (Å²) in [6.45, 7) is 1.64. The van der Waals surface area contributed by atoms with Gasteiger partial charge in [0.2, 0.25) is 0 Å². The van der Waals surface area contributed by atoms with E-state index in [9.17, 15) is 18.0 Å². The molecule has 0 aliphatic carbocycles. The van der Waals surface area contributed by atoms with E-state index in [1.165, 1.54) is 23.9 Å². The molecule has 144 valence electrons. The highest BCUT2D eigenvalue weighted by molar-refractivity contribution is 8.02. The summed E-state index contributed by atoms with van der Waals surface area (Å²) in [6, 6.07) is 9.88. The van der Waals surface area contributed by atoms with E-state index in [1.54, 1.807) is 23.6 Å². The molecule has 0 saturated heterocycles. The lowest BCUT2D eigenvalue weighted by atomic mass is 10.2. The molecule has 0 radical (unpaired) electrons. The van der Waals surface area contributed by atoms with E-state index in [0.29, 0.717) is 11.5 Å². The third kappa shape index (κ3) is 6.90. The predicted octanol–water partition coefficient (Wildman–Crippen LogP) is 5.16. The molecule has 2 aromatic carbocycles. The van der Waals surface area contributed by atoms with Crippen molar-refractivity contribution < 1.29 is 32.5 Å². The Morgan fingerprint density at radius 2 is 1.85 bits per heavy atom. The summed E-state index contributed by atoms with van der Waals surface area (Å²) < 4.78 is 48.0. The monoisotopic (exact) mass is 398 g/mol. The summed E-state index contributed by atoms with van der Waals surface area (Å²) in [5, 5.41) is 10.4. The maximum absolute atomic E-state index is 12.5. The van der Waals surface area contributed by atoms with Crippen LogP contribution in [0.1, 0.15) is 11.1 Å². The second-order valence-corrected chi connectivity index (χ2v) is 6.41. The average Bonchev–Trinajstić information content (AvgIpc) is 2.60. The van der Waals surface area contributed by atoms with Crippen LogP contribution < -0.4 is 9.47 Å². The largest absolute Gasteiger partial charge is 0.490 e. The Morgan fingerprint density at radius 3 is 2.44 bits per heavy atom. The van der Waals surface area contributed by atoms with Gasteiger partial charge in [-0.3, -0.25) is 0 Å². The molecule has 2 aromatic rings. The van der Waals surface area contributed by atoms with Crippen LogP contribution in [0.25, 0.3) is 0 Å². The number of carboxylic acid groups (broad SMARTS) is 1. The van der Waals surface area contributed by atoms with Gasteiger partial charge in [-0.25, -0.2) is 4.79 Å². The second-order valence-electron chi connectivity index (χ2n) is 5.43. The zero-order valence-electron chi connectivity index (χ0n) is 14.3. The van der Waals surface area contributed by atoms with Crippen LogP contribution in [0.5, 0.6) is 11.5 Å². The van der Waals surface area contributed by atoms with Gasteiger partial charge >= 0.3 is 12.1 Å². The van der Waals surface area contributed by atoms with Crippen LogP contribution in [0, 0.1) is 6.92 Å². The normalized spacial score (nSPS) is 11.6. The van der Waals surface area contributed by atoms with E-state index in [4.69, 9.17) is 14.6 Å². The van der Waals surface area contributed by atoms with E-state index < -0.39 is 24.3 Å². The Labute approximate surface area is 158 Å². The van der Waals surface area contributed by atoms with Crippen LogP contribution in [0.3, 0.4) is 0 Å². The molecule has 8 heteroatoms. The van der Waals surface area contributed by atoms with Crippen LogP contribution in [-0.4, -0.2) is 24.3 Å². The van der Waals surface area contributed by atoms with Crippen molar-refractivity contribution >= 4 is 17.7 Å². The number of rotatable bonds is 8. The minimum Gasteiger partial charge on any atom is -0.490 e. The van der Waals surface area contributed by atoms with Gasteiger partial charge in [-0.2, -0.15) is 13.2 Å². The standard InChI is InChI=1S/C19H17F3O4S/c1-13-11-16(7-8-17(13)26-12-18(23)24)27-10-2-9-25-15-5-3-14(4-6-15)19(20,21)22/h2-8,10-11H,9,12H2,1H3,(H,23,24). The molecule has 0 heterocycles. The first-order valence-corrected chi connectivity index (χ1v) is 8.70. The van der Waals surface area contributed by atoms with E-state index in [-0.39, 0.29) is 6.61 Å². The lowest BCUT2D eigenvalue weighted by Gasteiger charge is -2.08. The van der Waals surface area contributed by atoms with Crippen molar-refractivity contribution in [1.82, 2.24) is 0 Å². The number of ether oxygens (including phenoxy) is 2. The first-order chi connectivity index (χ1) is 12.8. The zero-order chi connectivity index (χ0) is 19.9. The van der Waals surface area contributed by atoms with E-state index >= 15 is 0 Å².